The maximum atomic E-state index is 9.00. The number of hydrogen-bond donors (Lipinski definition) is 4. The van der Waals surface area contributed by atoms with Crippen LogP contribution >= 0.6 is 0 Å². The Kier molecular flexibility index (Phi) is 41.6. The van der Waals surface area contributed by atoms with E-state index in [0.717, 1.165) is 27.7 Å². The van der Waals surface area contributed by atoms with Gasteiger partial charge in [-0.2, -0.15) is 0 Å². The molecule has 0 saturated carbocycles. The first-order valence-electron chi connectivity index (χ1n) is 3.71. The molecule has 0 heterocycles. The predicted octanol–water partition coefficient (Wildman–Crippen LogP) is -1.09. The summed E-state index contributed by atoms with van der Waals surface area (Å²) in [6.45, 7) is 4.33. The molecule has 0 atom stereocenters. The summed E-state index contributed by atoms with van der Waals surface area (Å²) in [5, 5.41) is 29.7. The monoisotopic (exact) mass is 318 g/mol. The van der Waals surface area contributed by atoms with Gasteiger partial charge in [0, 0.05) is 27.7 Å². The molecule has 0 rings (SSSR count). The first-order valence-corrected chi connectivity index (χ1v) is 3.71. The average molecular weight is 317 g/mol. The molecule has 0 aromatic carbocycles. The van der Waals surface area contributed by atoms with Gasteiger partial charge in [-0.3, -0.25) is 19.2 Å². The number of carbonyl (C=O) groups is 4. The van der Waals surface area contributed by atoms with Crippen molar-refractivity contribution in [2.75, 3.05) is 0 Å². The molecule has 0 fully saturated rings. The molecule has 0 bridgehead atoms. The normalized spacial score (nSPS) is 5.88. The van der Waals surface area contributed by atoms with E-state index in [9.17, 15) is 0 Å². The molecule has 17 heavy (non-hydrogen) atoms. The summed E-state index contributed by atoms with van der Waals surface area (Å²) in [6, 6.07) is 0. The fourth-order valence-corrected chi connectivity index (χ4v) is 0. The zero-order valence-corrected chi connectivity index (χ0v) is 9.42. The van der Waals surface area contributed by atoms with E-state index in [1.807, 2.05) is 0 Å². The van der Waals surface area contributed by atoms with Gasteiger partial charge in [0.1, 0.15) is 0 Å². The third-order valence-electron chi connectivity index (χ3n) is 0. The van der Waals surface area contributed by atoms with Crippen LogP contribution in [-0.2, 0) is 19.2 Å². The van der Waals surface area contributed by atoms with Gasteiger partial charge in [0.25, 0.3) is 23.9 Å². The summed E-state index contributed by atoms with van der Waals surface area (Å²) in [5.41, 5.74) is 0. The van der Waals surface area contributed by atoms with Crippen LogP contribution in [0.25, 0.3) is 0 Å². The third-order valence-corrected chi connectivity index (χ3v) is 0. The van der Waals surface area contributed by atoms with Crippen molar-refractivity contribution < 1.29 is 39.6 Å². The average Bonchev–Trinajstić information content (AvgIpc) is 1.76. The fraction of sp³-hybridized carbons (Fsp3) is 0.500. The molecule has 0 spiro atoms. The van der Waals surface area contributed by atoms with Gasteiger partial charge < -0.3 is 20.4 Å². The Morgan fingerprint density at radius 3 is 0.529 bits per heavy atom. The summed E-state index contributed by atoms with van der Waals surface area (Å²) < 4.78 is 0. The molecule has 0 aliphatic heterocycles. The molecule has 8 nitrogen and oxygen atoms in total. The van der Waals surface area contributed by atoms with Gasteiger partial charge in [0.15, 0.2) is 0 Å². The van der Waals surface area contributed by atoms with Crippen LogP contribution in [0.1, 0.15) is 27.7 Å². The second kappa shape index (κ2) is 23.9. The number of carboxylic acid groups (broad SMARTS) is 4. The second-order valence-electron chi connectivity index (χ2n) is 2.08. The van der Waals surface area contributed by atoms with Crippen molar-refractivity contribution in [2.45, 2.75) is 27.7 Å². The number of carboxylic acids is 4. The van der Waals surface area contributed by atoms with E-state index in [0.29, 0.717) is 0 Å². The standard InChI is InChI=1S/4C2H4O2.GeH4/c4*1-2(3)4;/h4*1H3,(H,3,4);1H4. The zero-order valence-electron chi connectivity index (χ0n) is 9.42. The van der Waals surface area contributed by atoms with E-state index in [1.165, 1.54) is 0 Å². The van der Waals surface area contributed by atoms with Crippen molar-refractivity contribution >= 4 is 41.5 Å². The first-order chi connectivity index (χ1) is 6.93. The van der Waals surface area contributed by atoms with Crippen molar-refractivity contribution in [1.82, 2.24) is 0 Å². The first kappa shape index (κ1) is 29.5. The van der Waals surface area contributed by atoms with Crippen LogP contribution in [0, 0.1) is 0 Å². The number of rotatable bonds is 0. The van der Waals surface area contributed by atoms with Crippen LogP contribution in [-0.4, -0.2) is 61.9 Å². The summed E-state index contributed by atoms with van der Waals surface area (Å²) in [7, 11) is 0. The molecular weight excluding hydrogens is 297 g/mol. The Balaban J connectivity index is -0.0000000369. The Labute approximate surface area is 109 Å². The minimum absolute atomic E-state index is 0. The molecule has 0 aromatic rings. The second-order valence-corrected chi connectivity index (χ2v) is 2.08. The summed E-state index contributed by atoms with van der Waals surface area (Å²) in [4.78, 5) is 36.0. The molecule has 9 heteroatoms. The Morgan fingerprint density at radius 2 is 0.529 bits per heavy atom. The summed E-state index contributed by atoms with van der Waals surface area (Å²) in [6.07, 6.45) is 0. The topological polar surface area (TPSA) is 149 Å². The van der Waals surface area contributed by atoms with Gasteiger partial charge in [-0.25, -0.2) is 0 Å². The van der Waals surface area contributed by atoms with E-state index < -0.39 is 23.9 Å². The van der Waals surface area contributed by atoms with Crippen LogP contribution in [0.15, 0.2) is 0 Å². The minimum atomic E-state index is -0.833. The van der Waals surface area contributed by atoms with Crippen LogP contribution in [0.4, 0.5) is 0 Å². The van der Waals surface area contributed by atoms with Crippen molar-refractivity contribution in [3.8, 4) is 0 Å². The summed E-state index contributed by atoms with van der Waals surface area (Å²) in [5.74, 6) is -3.33. The molecule has 0 saturated heterocycles. The zero-order chi connectivity index (χ0) is 14.3. The molecule has 0 unspecified atom stereocenters. The van der Waals surface area contributed by atoms with Crippen molar-refractivity contribution in [3.63, 3.8) is 0 Å². The molecule has 4 N–H and O–H groups in total. The SMILES string of the molecule is CC(=O)O.CC(=O)O.CC(=O)O.CC(=O)O.[GeH4]. The molecule has 104 valence electrons. The van der Waals surface area contributed by atoms with Crippen molar-refractivity contribution in [1.29, 1.82) is 0 Å². The van der Waals surface area contributed by atoms with E-state index in [-0.39, 0.29) is 17.6 Å². The predicted molar refractivity (Wildman–Crippen MR) is 64.6 cm³/mol. The molecule has 0 aliphatic rings. The van der Waals surface area contributed by atoms with Crippen LogP contribution in [0.2, 0.25) is 0 Å². The Bertz CT molecular complexity index is 162. The van der Waals surface area contributed by atoms with Gasteiger partial charge in [-0.15, -0.1) is 0 Å². The molecule has 0 radical (unpaired) electrons. The maximum absolute atomic E-state index is 9.00. The fourth-order valence-electron chi connectivity index (χ4n) is 0. The Morgan fingerprint density at radius 1 is 0.529 bits per heavy atom. The van der Waals surface area contributed by atoms with Crippen molar-refractivity contribution in [3.05, 3.63) is 0 Å². The van der Waals surface area contributed by atoms with E-state index in [2.05, 4.69) is 0 Å². The van der Waals surface area contributed by atoms with Crippen molar-refractivity contribution in [2.24, 2.45) is 0 Å². The van der Waals surface area contributed by atoms with Gasteiger partial charge in [-0.05, 0) is 0 Å². The molecule has 0 aliphatic carbocycles. The molecule has 0 amide bonds. The van der Waals surface area contributed by atoms with Gasteiger partial charge in [-0.1, -0.05) is 0 Å². The van der Waals surface area contributed by atoms with E-state index in [4.69, 9.17) is 39.6 Å². The number of aliphatic carboxylic acids is 4. The van der Waals surface area contributed by atoms with Crippen LogP contribution < -0.4 is 0 Å². The summed E-state index contributed by atoms with van der Waals surface area (Å²) >= 11 is 0. The number of hydrogen-bond acceptors (Lipinski definition) is 4. The van der Waals surface area contributed by atoms with E-state index >= 15 is 0 Å². The van der Waals surface area contributed by atoms with Gasteiger partial charge in [0.05, 0.1) is 0 Å². The van der Waals surface area contributed by atoms with Crippen LogP contribution in [0.5, 0.6) is 0 Å². The van der Waals surface area contributed by atoms with E-state index in [1.54, 1.807) is 0 Å². The molecular formula is C8H20GeO8. The Hall–Kier alpha value is -1.58. The molecule has 0 aromatic heterocycles. The van der Waals surface area contributed by atoms with Gasteiger partial charge >= 0.3 is 17.6 Å². The third kappa shape index (κ3) is 895. The van der Waals surface area contributed by atoms with Gasteiger partial charge in [0.2, 0.25) is 0 Å². The quantitative estimate of drug-likeness (QED) is 0.412. The van der Waals surface area contributed by atoms with Crippen LogP contribution in [0.3, 0.4) is 0 Å².